The largest absolute Gasteiger partial charge is 0.388 e. The number of carbonyl (C=O) groups excluding carboxylic acids is 1. The lowest BCUT2D eigenvalue weighted by molar-refractivity contribution is 0.0912. The zero-order chi connectivity index (χ0) is 12.7. The van der Waals surface area contributed by atoms with Gasteiger partial charge in [-0.1, -0.05) is 50.3 Å². The highest BCUT2D eigenvalue weighted by Gasteiger charge is 2.14. The van der Waals surface area contributed by atoms with Crippen molar-refractivity contribution in [2.45, 2.75) is 38.7 Å². The van der Waals surface area contributed by atoms with Gasteiger partial charge in [-0.25, -0.2) is 0 Å². The van der Waals surface area contributed by atoms with Crippen LogP contribution in [0.1, 0.15) is 43.0 Å². The molecule has 1 N–H and O–H groups in total. The summed E-state index contributed by atoms with van der Waals surface area (Å²) in [5, 5.41) is 9.86. The van der Waals surface area contributed by atoms with Gasteiger partial charge in [0.1, 0.15) is 0 Å². The van der Waals surface area contributed by atoms with Crippen LogP contribution in [0.4, 0.5) is 0 Å². The van der Waals surface area contributed by atoms with Crippen molar-refractivity contribution >= 4 is 5.78 Å². The van der Waals surface area contributed by atoms with Gasteiger partial charge in [0.25, 0.3) is 0 Å². The van der Waals surface area contributed by atoms with Crippen LogP contribution in [0.25, 0.3) is 0 Å². The Labute approximate surface area is 103 Å². The highest BCUT2D eigenvalue weighted by atomic mass is 16.3. The van der Waals surface area contributed by atoms with E-state index in [4.69, 9.17) is 0 Å². The van der Waals surface area contributed by atoms with Gasteiger partial charge in [-0.15, -0.1) is 0 Å². The summed E-state index contributed by atoms with van der Waals surface area (Å²) < 4.78 is 0. The number of hydrogen-bond donors (Lipinski definition) is 1. The average Bonchev–Trinajstić information content (AvgIpc) is 2.36. The second kappa shape index (κ2) is 7.02. The molecule has 0 heterocycles. The Morgan fingerprint density at radius 3 is 2.59 bits per heavy atom. The van der Waals surface area contributed by atoms with Crippen LogP contribution in [0, 0.1) is 0 Å². The van der Waals surface area contributed by atoms with Gasteiger partial charge in [0.05, 0.1) is 6.10 Å². The van der Waals surface area contributed by atoms with E-state index in [9.17, 15) is 9.90 Å². The third-order valence-electron chi connectivity index (χ3n) is 2.80. The Bertz CT molecular complexity index is 368. The maximum Gasteiger partial charge on any atom is 0.165 e. The molecule has 2 heteroatoms. The molecule has 0 aliphatic heterocycles. The molecule has 92 valence electrons. The lowest BCUT2D eigenvalue weighted by Crippen LogP contribution is -2.15. The first-order chi connectivity index (χ1) is 8.15. The minimum Gasteiger partial charge on any atom is -0.388 e. The normalized spacial score (nSPS) is 12.1. The summed E-state index contributed by atoms with van der Waals surface area (Å²) in [5.74, 6) is -0.0317. The Balaban J connectivity index is 2.49. The van der Waals surface area contributed by atoms with Gasteiger partial charge in [-0.2, -0.15) is 0 Å². The number of rotatable bonds is 7. The van der Waals surface area contributed by atoms with Crippen LogP contribution in [-0.2, 0) is 0 Å². The van der Waals surface area contributed by atoms with Gasteiger partial charge in [-0.05, 0) is 18.4 Å². The third kappa shape index (κ3) is 4.53. The molecule has 0 saturated heterocycles. The summed E-state index contributed by atoms with van der Waals surface area (Å²) in [6.07, 6.45) is 2.29. The molecule has 0 bridgehead atoms. The van der Waals surface area contributed by atoms with Gasteiger partial charge in [-0.3, -0.25) is 4.79 Å². The fourth-order valence-electron chi connectivity index (χ4n) is 1.63. The second-order valence-electron chi connectivity index (χ2n) is 4.27. The molecule has 2 nitrogen and oxygen atoms in total. The molecular weight excluding hydrogens is 212 g/mol. The van der Waals surface area contributed by atoms with Crippen molar-refractivity contribution in [2.24, 2.45) is 0 Å². The maximum atomic E-state index is 11.8. The Morgan fingerprint density at radius 2 is 2.00 bits per heavy atom. The molecule has 1 rings (SSSR count). The van der Waals surface area contributed by atoms with Crippen molar-refractivity contribution in [3.8, 4) is 0 Å². The van der Waals surface area contributed by atoms with Crippen LogP contribution >= 0.6 is 0 Å². The predicted molar refractivity (Wildman–Crippen MR) is 70.1 cm³/mol. The number of ketones is 1. The fourth-order valence-corrected chi connectivity index (χ4v) is 1.63. The molecule has 0 fully saturated rings. The number of hydrogen-bond acceptors (Lipinski definition) is 2. The Morgan fingerprint density at radius 1 is 1.35 bits per heavy atom. The minimum atomic E-state index is -0.714. The van der Waals surface area contributed by atoms with Crippen LogP contribution in [-0.4, -0.2) is 17.0 Å². The average molecular weight is 232 g/mol. The summed E-state index contributed by atoms with van der Waals surface area (Å²) in [6.45, 7) is 5.93. The van der Waals surface area contributed by atoms with E-state index in [2.05, 4.69) is 13.5 Å². The number of unbranched alkanes of at least 4 members (excludes halogenated alkanes) is 1. The Hall–Kier alpha value is -1.41. The smallest absolute Gasteiger partial charge is 0.165 e. The highest BCUT2D eigenvalue weighted by Crippen LogP contribution is 2.15. The van der Waals surface area contributed by atoms with Crippen molar-refractivity contribution in [3.05, 3.63) is 48.0 Å². The van der Waals surface area contributed by atoms with Crippen molar-refractivity contribution < 1.29 is 9.90 Å². The molecule has 0 radical (unpaired) electrons. The molecule has 0 amide bonds. The molecule has 0 aliphatic carbocycles. The molecular formula is C15H20O2. The van der Waals surface area contributed by atoms with Crippen molar-refractivity contribution in [1.29, 1.82) is 0 Å². The minimum absolute atomic E-state index is 0.0317. The molecule has 0 spiro atoms. The SMILES string of the molecule is C=C(CCCC)C(O)CC(=O)c1ccccc1. The van der Waals surface area contributed by atoms with Gasteiger partial charge in [0.15, 0.2) is 5.78 Å². The molecule has 0 saturated carbocycles. The van der Waals surface area contributed by atoms with Crippen LogP contribution in [0.3, 0.4) is 0 Å². The van der Waals surface area contributed by atoms with Crippen molar-refractivity contribution in [1.82, 2.24) is 0 Å². The lowest BCUT2D eigenvalue weighted by Gasteiger charge is -2.12. The number of benzene rings is 1. The summed E-state index contributed by atoms with van der Waals surface area (Å²) in [4.78, 5) is 11.8. The van der Waals surface area contributed by atoms with Crippen molar-refractivity contribution in [2.75, 3.05) is 0 Å². The predicted octanol–water partition coefficient (Wildman–Crippen LogP) is 3.37. The molecule has 1 unspecified atom stereocenters. The Kier molecular flexibility index (Phi) is 5.64. The molecule has 17 heavy (non-hydrogen) atoms. The zero-order valence-electron chi connectivity index (χ0n) is 10.4. The molecule has 1 atom stereocenters. The first-order valence-corrected chi connectivity index (χ1v) is 6.09. The summed E-state index contributed by atoms with van der Waals surface area (Å²) >= 11 is 0. The van der Waals surface area contributed by atoms with E-state index in [1.807, 2.05) is 18.2 Å². The van der Waals surface area contributed by atoms with Gasteiger partial charge in [0.2, 0.25) is 0 Å². The molecule has 0 aromatic heterocycles. The first-order valence-electron chi connectivity index (χ1n) is 6.09. The van der Waals surface area contributed by atoms with Gasteiger partial charge >= 0.3 is 0 Å². The molecule has 1 aromatic rings. The van der Waals surface area contributed by atoms with Gasteiger partial charge < -0.3 is 5.11 Å². The van der Waals surface area contributed by atoms with E-state index >= 15 is 0 Å². The second-order valence-corrected chi connectivity index (χ2v) is 4.27. The fraction of sp³-hybridized carbons (Fsp3) is 0.400. The quantitative estimate of drug-likeness (QED) is 0.578. The van der Waals surface area contributed by atoms with Gasteiger partial charge in [0, 0.05) is 12.0 Å². The van der Waals surface area contributed by atoms with Crippen LogP contribution in [0.5, 0.6) is 0 Å². The van der Waals surface area contributed by atoms with E-state index in [0.29, 0.717) is 5.56 Å². The maximum absolute atomic E-state index is 11.8. The summed E-state index contributed by atoms with van der Waals surface area (Å²) in [7, 11) is 0. The summed E-state index contributed by atoms with van der Waals surface area (Å²) in [6, 6.07) is 9.05. The monoisotopic (exact) mass is 232 g/mol. The molecule has 0 aliphatic rings. The lowest BCUT2D eigenvalue weighted by atomic mass is 9.98. The third-order valence-corrected chi connectivity index (χ3v) is 2.80. The van der Waals surface area contributed by atoms with Crippen LogP contribution in [0.15, 0.2) is 42.5 Å². The van der Waals surface area contributed by atoms with E-state index in [0.717, 1.165) is 24.8 Å². The number of aliphatic hydroxyl groups excluding tert-OH is 1. The van der Waals surface area contributed by atoms with Crippen LogP contribution in [0.2, 0.25) is 0 Å². The number of carbonyl (C=O) groups is 1. The van der Waals surface area contributed by atoms with E-state index < -0.39 is 6.10 Å². The highest BCUT2D eigenvalue weighted by molar-refractivity contribution is 5.96. The van der Waals surface area contributed by atoms with Crippen LogP contribution < -0.4 is 0 Å². The zero-order valence-corrected chi connectivity index (χ0v) is 10.4. The van der Waals surface area contributed by atoms with Crippen molar-refractivity contribution in [3.63, 3.8) is 0 Å². The van der Waals surface area contributed by atoms with E-state index in [1.54, 1.807) is 12.1 Å². The topological polar surface area (TPSA) is 37.3 Å². The summed E-state index contributed by atoms with van der Waals surface area (Å²) in [5.41, 5.74) is 1.41. The first kappa shape index (κ1) is 13.7. The van der Waals surface area contributed by atoms with E-state index in [1.165, 1.54) is 0 Å². The number of Topliss-reactive ketones (excluding diaryl/α,β-unsaturated/α-hetero) is 1. The number of aliphatic hydroxyl groups is 1. The standard InChI is InChI=1S/C15H20O2/c1-3-4-8-12(2)14(16)11-15(17)13-9-6-5-7-10-13/h5-7,9-10,14,16H,2-4,8,11H2,1H3. The van der Waals surface area contributed by atoms with E-state index in [-0.39, 0.29) is 12.2 Å². The molecule has 1 aromatic carbocycles.